The van der Waals surface area contributed by atoms with E-state index in [4.69, 9.17) is 16.3 Å². The maximum Gasteiger partial charge on any atom is 0.303 e. The van der Waals surface area contributed by atoms with Crippen molar-refractivity contribution in [2.45, 2.75) is 33.1 Å². The molecule has 9 heteroatoms. The summed E-state index contributed by atoms with van der Waals surface area (Å²) in [7, 11) is -1.52. The molecule has 1 amide bonds. The number of hydrogen-bond donors (Lipinski definition) is 1. The first-order valence-electron chi connectivity index (χ1n) is 9.30. The van der Waals surface area contributed by atoms with Gasteiger partial charge in [0.1, 0.15) is 11.6 Å². The van der Waals surface area contributed by atoms with Gasteiger partial charge in [-0.25, -0.2) is 9.11 Å². The third kappa shape index (κ3) is 3.86. The van der Waals surface area contributed by atoms with E-state index in [9.17, 15) is 17.6 Å². The molecule has 3 aliphatic carbocycles. The largest absolute Gasteiger partial charge is 0.492 e. The Morgan fingerprint density at radius 1 is 1.36 bits per heavy atom. The number of nitrogens with zero attached hydrogens (tertiary/aromatic N) is 1. The molecule has 1 N–H and O–H groups in total. The van der Waals surface area contributed by atoms with Crippen LogP contribution in [0.5, 0.6) is 5.75 Å². The number of carbonyl (C=O) groups excluding carboxylic acids is 1. The van der Waals surface area contributed by atoms with E-state index >= 15 is 0 Å². The summed E-state index contributed by atoms with van der Waals surface area (Å²) in [6.45, 7) is 5.03. The van der Waals surface area contributed by atoms with Gasteiger partial charge >= 0.3 is 10.2 Å². The Kier molecular flexibility index (Phi) is 5.68. The Hall–Kier alpha value is -1.38. The number of fused-ring (bicyclic) bond motifs is 2. The molecule has 0 heterocycles. The van der Waals surface area contributed by atoms with Crippen LogP contribution in [0.4, 0.5) is 4.39 Å². The maximum absolute atomic E-state index is 14.4. The molecule has 2 bridgehead atoms. The highest BCUT2D eigenvalue weighted by Gasteiger charge is 2.54. The van der Waals surface area contributed by atoms with Crippen LogP contribution >= 0.6 is 11.6 Å². The molecule has 0 aliphatic heterocycles. The zero-order valence-corrected chi connectivity index (χ0v) is 18.0. The van der Waals surface area contributed by atoms with Crippen LogP contribution in [0.25, 0.3) is 0 Å². The van der Waals surface area contributed by atoms with E-state index in [0.717, 1.165) is 28.8 Å². The predicted octanol–water partition coefficient (Wildman–Crippen LogP) is 3.47. The van der Waals surface area contributed by atoms with Crippen LogP contribution in [0.15, 0.2) is 12.1 Å². The second-order valence-corrected chi connectivity index (χ2v) is 10.8. The molecule has 0 spiro atoms. The second kappa shape index (κ2) is 7.46. The number of amides is 1. The fraction of sp³-hybridized carbons (Fsp3) is 0.632. The van der Waals surface area contributed by atoms with Gasteiger partial charge in [0.05, 0.1) is 17.2 Å². The molecule has 1 aromatic carbocycles. The fourth-order valence-electron chi connectivity index (χ4n) is 4.44. The summed E-state index contributed by atoms with van der Waals surface area (Å²) in [5.41, 5.74) is -0.135. The van der Waals surface area contributed by atoms with E-state index in [0.29, 0.717) is 23.9 Å². The molecule has 1 aromatic rings. The third-order valence-electron chi connectivity index (χ3n) is 6.42. The average molecular weight is 433 g/mol. The molecule has 4 rings (SSSR count). The van der Waals surface area contributed by atoms with Gasteiger partial charge in [0.15, 0.2) is 0 Å². The second-order valence-electron chi connectivity index (χ2n) is 8.49. The van der Waals surface area contributed by atoms with E-state index in [2.05, 4.69) is 13.8 Å². The number of nitrogens with one attached hydrogen (secondary N) is 1. The Morgan fingerprint density at radius 3 is 2.61 bits per heavy atom. The van der Waals surface area contributed by atoms with Crippen LogP contribution in [-0.4, -0.2) is 39.3 Å². The number of rotatable bonds is 6. The molecule has 28 heavy (non-hydrogen) atoms. The molecule has 0 aromatic heterocycles. The normalized spacial score (nSPS) is 25.9. The molecule has 0 saturated heterocycles. The first-order chi connectivity index (χ1) is 12.9. The van der Waals surface area contributed by atoms with Gasteiger partial charge in [-0.15, -0.1) is 0 Å². The van der Waals surface area contributed by atoms with E-state index in [1.807, 2.05) is 0 Å². The quantitative estimate of drug-likeness (QED) is 0.746. The molecule has 3 saturated carbocycles. The molecule has 156 valence electrons. The summed E-state index contributed by atoms with van der Waals surface area (Å²) >= 11 is 6.17. The molecular formula is C19H26ClFN2O4S. The van der Waals surface area contributed by atoms with Crippen molar-refractivity contribution in [2.24, 2.45) is 23.2 Å². The lowest BCUT2D eigenvalue weighted by molar-refractivity contribution is -0.114. The van der Waals surface area contributed by atoms with Crippen molar-refractivity contribution in [3.05, 3.63) is 28.5 Å². The Morgan fingerprint density at radius 2 is 2.04 bits per heavy atom. The highest BCUT2D eigenvalue weighted by Crippen LogP contribution is 2.61. The van der Waals surface area contributed by atoms with Gasteiger partial charge < -0.3 is 4.74 Å². The minimum Gasteiger partial charge on any atom is -0.492 e. The Balaban J connectivity index is 1.69. The summed E-state index contributed by atoms with van der Waals surface area (Å²) in [4.78, 5) is 12.1. The average Bonchev–Trinajstić information content (AvgIpc) is 2.61. The van der Waals surface area contributed by atoms with E-state index in [1.54, 1.807) is 4.72 Å². The number of hydrogen-bond acceptors (Lipinski definition) is 4. The van der Waals surface area contributed by atoms with Gasteiger partial charge in [0.2, 0.25) is 0 Å². The van der Waals surface area contributed by atoms with E-state index in [1.165, 1.54) is 26.9 Å². The van der Waals surface area contributed by atoms with Gasteiger partial charge in [-0.1, -0.05) is 25.4 Å². The zero-order chi connectivity index (χ0) is 20.9. The van der Waals surface area contributed by atoms with Crippen molar-refractivity contribution in [2.75, 3.05) is 20.7 Å². The van der Waals surface area contributed by atoms with Crippen molar-refractivity contribution in [3.63, 3.8) is 0 Å². The number of carbonyl (C=O) groups is 1. The van der Waals surface area contributed by atoms with Gasteiger partial charge in [-0.2, -0.15) is 12.7 Å². The molecule has 3 atom stereocenters. The minimum absolute atomic E-state index is 0.0651. The van der Waals surface area contributed by atoms with Crippen molar-refractivity contribution < 1.29 is 22.3 Å². The van der Waals surface area contributed by atoms with Crippen molar-refractivity contribution in [1.82, 2.24) is 9.03 Å². The summed E-state index contributed by atoms with van der Waals surface area (Å²) in [5, 5.41) is 0.0651. The molecule has 3 fully saturated rings. The SMILES string of the molecule is CN(C)S(=O)(=O)NC(=O)c1cc(Cl)c(OC[C@H]2CC[C@H]3C[C@@H]2C3(C)C)cc1F. The smallest absolute Gasteiger partial charge is 0.303 e. The van der Waals surface area contributed by atoms with Crippen LogP contribution in [0.3, 0.4) is 0 Å². The van der Waals surface area contributed by atoms with E-state index < -0.39 is 27.5 Å². The summed E-state index contributed by atoms with van der Waals surface area (Å²) < 4.78 is 46.3. The van der Waals surface area contributed by atoms with Crippen molar-refractivity contribution in [1.29, 1.82) is 0 Å². The van der Waals surface area contributed by atoms with Gasteiger partial charge in [0.25, 0.3) is 5.91 Å². The van der Waals surface area contributed by atoms with Crippen LogP contribution in [0.1, 0.15) is 43.5 Å². The summed E-state index contributed by atoms with van der Waals surface area (Å²) in [6.07, 6.45) is 3.48. The van der Waals surface area contributed by atoms with E-state index in [-0.39, 0.29) is 10.8 Å². The van der Waals surface area contributed by atoms with Crippen LogP contribution in [-0.2, 0) is 10.2 Å². The highest BCUT2D eigenvalue weighted by molar-refractivity contribution is 7.87. The molecule has 0 unspecified atom stereocenters. The summed E-state index contributed by atoms with van der Waals surface area (Å²) in [6, 6.07) is 2.13. The molecule has 6 nitrogen and oxygen atoms in total. The monoisotopic (exact) mass is 432 g/mol. The van der Waals surface area contributed by atoms with Gasteiger partial charge in [-0.3, -0.25) is 4.79 Å². The van der Waals surface area contributed by atoms with Crippen LogP contribution in [0, 0.1) is 29.0 Å². The first kappa shape index (κ1) is 21.3. The predicted molar refractivity (Wildman–Crippen MR) is 105 cm³/mol. The minimum atomic E-state index is -4.03. The van der Waals surface area contributed by atoms with Crippen molar-refractivity contribution in [3.8, 4) is 5.75 Å². The Bertz CT molecular complexity index is 886. The Labute approximate surface area is 170 Å². The van der Waals surface area contributed by atoms with Crippen LogP contribution < -0.4 is 9.46 Å². The van der Waals surface area contributed by atoms with Gasteiger partial charge in [0, 0.05) is 20.2 Å². The lowest BCUT2D eigenvalue weighted by Crippen LogP contribution is -2.53. The van der Waals surface area contributed by atoms with Gasteiger partial charge in [-0.05, 0) is 48.5 Å². The summed E-state index contributed by atoms with van der Waals surface area (Å²) in [5.74, 6) is -0.0484. The molecule has 0 radical (unpaired) electrons. The van der Waals surface area contributed by atoms with Crippen LogP contribution in [0.2, 0.25) is 5.02 Å². The third-order valence-corrected chi connectivity index (χ3v) is 8.12. The number of benzene rings is 1. The lowest BCUT2D eigenvalue weighted by atomic mass is 9.46. The topological polar surface area (TPSA) is 75.7 Å². The standard InChI is InChI=1S/C19H26ClFN2O4S/c1-19(2)12-6-5-11(14(19)7-12)10-27-17-9-16(21)13(8-15(17)20)18(24)22-28(25,26)23(3)4/h8-9,11-12,14H,5-7,10H2,1-4H3,(H,22,24)/t11-,12+,14+/m1/s1. The highest BCUT2D eigenvalue weighted by atomic mass is 35.5. The molecule has 3 aliphatic rings. The first-order valence-corrected chi connectivity index (χ1v) is 11.1. The zero-order valence-electron chi connectivity index (χ0n) is 16.5. The number of halogens is 2. The lowest BCUT2D eigenvalue weighted by Gasteiger charge is -2.60. The number of ether oxygens (including phenoxy) is 1. The van der Waals surface area contributed by atoms with Crippen molar-refractivity contribution >= 4 is 27.7 Å². The molecular weight excluding hydrogens is 407 g/mol. The fourth-order valence-corrected chi connectivity index (χ4v) is 5.18. The maximum atomic E-state index is 14.4.